The fourth-order valence-corrected chi connectivity index (χ4v) is 2.92. The first-order chi connectivity index (χ1) is 14.5. The Hall–Kier alpha value is -3.88. The van der Waals surface area contributed by atoms with Crippen molar-refractivity contribution >= 4 is 5.91 Å². The van der Waals surface area contributed by atoms with Crippen molar-refractivity contribution in [3.8, 4) is 11.5 Å². The molecule has 1 amide bonds. The molecule has 9 heteroatoms. The number of H-pyrrole nitrogens is 1. The summed E-state index contributed by atoms with van der Waals surface area (Å²) in [5.41, 5.74) is 0.0523. The van der Waals surface area contributed by atoms with Gasteiger partial charge in [0.1, 0.15) is 5.56 Å². The average Bonchev–Trinajstić information content (AvgIpc) is 2.77. The van der Waals surface area contributed by atoms with Crippen LogP contribution in [0.1, 0.15) is 21.6 Å². The van der Waals surface area contributed by atoms with E-state index in [0.29, 0.717) is 30.2 Å². The van der Waals surface area contributed by atoms with Crippen molar-refractivity contribution in [3.63, 3.8) is 0 Å². The SMILES string of the molecule is COc1ccc(CCNC(=O)c2c[nH]c(=O)n(Cc3ccccn3)c2=O)cc1OC. The van der Waals surface area contributed by atoms with Gasteiger partial charge in [-0.15, -0.1) is 0 Å². The molecule has 0 fully saturated rings. The Bertz CT molecular complexity index is 1140. The molecule has 0 atom stereocenters. The van der Waals surface area contributed by atoms with E-state index in [4.69, 9.17) is 9.47 Å². The number of aromatic amines is 1. The number of methoxy groups -OCH3 is 2. The van der Waals surface area contributed by atoms with Crippen molar-refractivity contribution in [1.29, 1.82) is 0 Å². The molecule has 3 aromatic rings. The number of nitrogens with one attached hydrogen (secondary N) is 2. The lowest BCUT2D eigenvalue weighted by Gasteiger charge is -2.10. The van der Waals surface area contributed by atoms with Crippen LogP contribution in [0.15, 0.2) is 58.4 Å². The van der Waals surface area contributed by atoms with E-state index in [2.05, 4.69) is 15.3 Å². The van der Waals surface area contributed by atoms with E-state index in [9.17, 15) is 14.4 Å². The molecule has 156 valence electrons. The second kappa shape index (κ2) is 9.55. The summed E-state index contributed by atoms with van der Waals surface area (Å²) in [5.74, 6) is 0.651. The first-order valence-electron chi connectivity index (χ1n) is 9.25. The van der Waals surface area contributed by atoms with Gasteiger partial charge < -0.3 is 19.8 Å². The fourth-order valence-electron chi connectivity index (χ4n) is 2.92. The van der Waals surface area contributed by atoms with Crippen LogP contribution in [0.4, 0.5) is 0 Å². The molecule has 0 aliphatic rings. The van der Waals surface area contributed by atoms with Gasteiger partial charge in [-0.25, -0.2) is 4.79 Å². The number of rotatable bonds is 8. The maximum absolute atomic E-state index is 12.6. The number of amides is 1. The minimum atomic E-state index is -0.673. The molecule has 0 saturated carbocycles. The van der Waals surface area contributed by atoms with Crippen molar-refractivity contribution in [2.45, 2.75) is 13.0 Å². The van der Waals surface area contributed by atoms with Gasteiger partial charge in [0.25, 0.3) is 11.5 Å². The second-order valence-corrected chi connectivity index (χ2v) is 6.42. The van der Waals surface area contributed by atoms with Gasteiger partial charge in [0.2, 0.25) is 0 Å². The molecule has 9 nitrogen and oxygen atoms in total. The molecule has 0 bridgehead atoms. The zero-order chi connectivity index (χ0) is 21.5. The van der Waals surface area contributed by atoms with E-state index >= 15 is 0 Å². The first-order valence-corrected chi connectivity index (χ1v) is 9.25. The number of carbonyl (C=O) groups excluding carboxylic acids is 1. The van der Waals surface area contributed by atoms with E-state index in [1.54, 1.807) is 44.7 Å². The maximum Gasteiger partial charge on any atom is 0.328 e. The summed E-state index contributed by atoms with van der Waals surface area (Å²) in [6, 6.07) is 10.7. The van der Waals surface area contributed by atoms with Crippen LogP contribution in [0, 0.1) is 0 Å². The summed E-state index contributed by atoms with van der Waals surface area (Å²) in [6.07, 6.45) is 3.22. The highest BCUT2D eigenvalue weighted by molar-refractivity contribution is 5.93. The maximum atomic E-state index is 12.6. The number of pyridine rings is 1. The van der Waals surface area contributed by atoms with Gasteiger partial charge in [0.15, 0.2) is 11.5 Å². The minimum Gasteiger partial charge on any atom is -0.493 e. The highest BCUT2D eigenvalue weighted by Gasteiger charge is 2.15. The molecule has 0 unspecified atom stereocenters. The lowest BCUT2D eigenvalue weighted by atomic mass is 10.1. The number of hydrogen-bond acceptors (Lipinski definition) is 6. The van der Waals surface area contributed by atoms with Crippen LogP contribution in [0.3, 0.4) is 0 Å². The van der Waals surface area contributed by atoms with Crippen LogP contribution in [0.2, 0.25) is 0 Å². The molecule has 0 radical (unpaired) electrons. The van der Waals surface area contributed by atoms with Crippen LogP contribution < -0.4 is 26.0 Å². The predicted molar refractivity (Wildman–Crippen MR) is 110 cm³/mol. The lowest BCUT2D eigenvalue weighted by Crippen LogP contribution is -2.41. The third-order valence-electron chi connectivity index (χ3n) is 4.50. The summed E-state index contributed by atoms with van der Waals surface area (Å²) in [7, 11) is 3.11. The molecule has 2 aromatic heterocycles. The molecular weight excluding hydrogens is 388 g/mol. The third kappa shape index (κ3) is 4.75. The van der Waals surface area contributed by atoms with Gasteiger partial charge >= 0.3 is 5.69 Å². The Balaban J connectivity index is 1.69. The Kier molecular flexibility index (Phi) is 6.63. The normalized spacial score (nSPS) is 10.5. The molecule has 2 heterocycles. The zero-order valence-corrected chi connectivity index (χ0v) is 16.7. The summed E-state index contributed by atoms with van der Waals surface area (Å²) >= 11 is 0. The number of hydrogen-bond donors (Lipinski definition) is 2. The largest absolute Gasteiger partial charge is 0.493 e. The van der Waals surface area contributed by atoms with Crippen molar-refractivity contribution in [1.82, 2.24) is 19.9 Å². The van der Waals surface area contributed by atoms with Gasteiger partial charge in [-0.2, -0.15) is 0 Å². The molecule has 0 saturated heterocycles. The molecule has 3 rings (SSSR count). The molecule has 2 N–H and O–H groups in total. The van der Waals surface area contributed by atoms with Crippen LogP contribution in [-0.2, 0) is 13.0 Å². The Morgan fingerprint density at radius 2 is 1.93 bits per heavy atom. The van der Waals surface area contributed by atoms with Crippen molar-refractivity contribution < 1.29 is 14.3 Å². The van der Waals surface area contributed by atoms with Crippen molar-refractivity contribution in [2.24, 2.45) is 0 Å². The molecule has 1 aromatic carbocycles. The Morgan fingerprint density at radius 3 is 2.63 bits per heavy atom. The number of benzene rings is 1. The van der Waals surface area contributed by atoms with E-state index in [0.717, 1.165) is 16.3 Å². The van der Waals surface area contributed by atoms with Crippen molar-refractivity contribution in [3.05, 3.63) is 86.5 Å². The van der Waals surface area contributed by atoms with E-state index < -0.39 is 17.2 Å². The van der Waals surface area contributed by atoms with E-state index in [1.807, 2.05) is 12.1 Å². The minimum absolute atomic E-state index is 0.0260. The molecule has 0 aliphatic heterocycles. The monoisotopic (exact) mass is 410 g/mol. The van der Waals surface area contributed by atoms with Crippen molar-refractivity contribution in [2.75, 3.05) is 20.8 Å². The molecule has 30 heavy (non-hydrogen) atoms. The van der Waals surface area contributed by atoms with Crippen LogP contribution in [-0.4, -0.2) is 41.2 Å². The Labute approximate surface area is 172 Å². The van der Waals surface area contributed by atoms with Gasteiger partial charge in [0.05, 0.1) is 26.5 Å². The van der Waals surface area contributed by atoms with Gasteiger partial charge in [-0.3, -0.25) is 19.1 Å². The fraction of sp³-hybridized carbons (Fsp3) is 0.238. The second-order valence-electron chi connectivity index (χ2n) is 6.42. The average molecular weight is 410 g/mol. The predicted octanol–water partition coefficient (Wildman–Crippen LogP) is 0.970. The number of aromatic nitrogens is 3. The highest BCUT2D eigenvalue weighted by atomic mass is 16.5. The molecule has 0 aliphatic carbocycles. The summed E-state index contributed by atoms with van der Waals surface area (Å²) in [4.78, 5) is 43.7. The summed E-state index contributed by atoms with van der Waals surface area (Å²) < 4.78 is 11.4. The summed E-state index contributed by atoms with van der Waals surface area (Å²) in [5, 5.41) is 2.70. The van der Waals surface area contributed by atoms with E-state index in [1.165, 1.54) is 0 Å². The van der Waals surface area contributed by atoms with Crippen LogP contribution in [0.5, 0.6) is 11.5 Å². The zero-order valence-electron chi connectivity index (χ0n) is 16.7. The number of carbonyl (C=O) groups is 1. The molecular formula is C21H22N4O5. The topological polar surface area (TPSA) is 115 Å². The van der Waals surface area contributed by atoms with Gasteiger partial charge in [0, 0.05) is 18.9 Å². The van der Waals surface area contributed by atoms with Crippen LogP contribution in [0.25, 0.3) is 0 Å². The standard InChI is InChI=1S/C21H22N4O5/c1-29-17-7-6-14(11-18(17)30-2)8-10-23-19(26)16-12-24-21(28)25(20(16)27)13-15-5-3-4-9-22-15/h3-7,9,11-12H,8,10,13H2,1-2H3,(H,23,26)(H,24,28). The lowest BCUT2D eigenvalue weighted by molar-refractivity contribution is 0.0951. The smallest absolute Gasteiger partial charge is 0.328 e. The number of ether oxygens (including phenoxy) is 2. The Morgan fingerprint density at radius 1 is 1.13 bits per heavy atom. The number of nitrogens with zero attached hydrogens (tertiary/aromatic N) is 2. The third-order valence-corrected chi connectivity index (χ3v) is 4.50. The first kappa shape index (κ1) is 20.8. The summed E-state index contributed by atoms with van der Waals surface area (Å²) in [6.45, 7) is 0.273. The van der Waals surface area contributed by atoms with E-state index in [-0.39, 0.29) is 12.1 Å². The quantitative estimate of drug-likeness (QED) is 0.572. The van der Waals surface area contributed by atoms with Gasteiger partial charge in [-0.05, 0) is 36.2 Å². The molecule has 0 spiro atoms. The highest BCUT2D eigenvalue weighted by Crippen LogP contribution is 2.27. The van der Waals surface area contributed by atoms with Crippen LogP contribution >= 0.6 is 0 Å². The van der Waals surface area contributed by atoms with Gasteiger partial charge in [-0.1, -0.05) is 12.1 Å².